The highest BCUT2D eigenvalue weighted by Crippen LogP contribution is 2.35. The van der Waals surface area contributed by atoms with Gasteiger partial charge in [-0.05, 0) is 63.1 Å². The van der Waals surface area contributed by atoms with Gasteiger partial charge in [-0.1, -0.05) is 18.2 Å². The molecule has 0 unspecified atom stereocenters. The van der Waals surface area contributed by atoms with Gasteiger partial charge in [0.25, 0.3) is 5.91 Å². The normalized spacial score (nSPS) is 11.2. The summed E-state index contributed by atoms with van der Waals surface area (Å²) in [6, 6.07) is 12.9. The number of hydrogen-bond acceptors (Lipinski definition) is 5. The number of aromatic nitrogens is 1. The first-order valence-electron chi connectivity index (χ1n) is 9.64. The van der Waals surface area contributed by atoms with E-state index in [-0.39, 0.29) is 11.5 Å². The number of benzene rings is 1. The molecule has 6 nitrogen and oxygen atoms in total. The minimum atomic E-state index is -0.475. The molecular formula is C24H23N3O3S. The van der Waals surface area contributed by atoms with Crippen molar-refractivity contribution in [2.45, 2.75) is 27.7 Å². The lowest BCUT2D eigenvalue weighted by Crippen LogP contribution is -2.13. The molecule has 1 aromatic carbocycles. The minimum Gasteiger partial charge on any atom is -0.465 e. The molecule has 0 spiro atoms. The van der Waals surface area contributed by atoms with Crippen molar-refractivity contribution in [3.8, 4) is 11.1 Å². The second kappa shape index (κ2) is 9.02. The van der Waals surface area contributed by atoms with E-state index in [2.05, 4.69) is 5.32 Å². The van der Waals surface area contributed by atoms with E-state index in [4.69, 9.17) is 4.74 Å². The lowest BCUT2D eigenvalue weighted by atomic mass is 10.1. The van der Waals surface area contributed by atoms with Crippen LogP contribution in [0.1, 0.15) is 37.7 Å². The number of carbonyl (C=O) groups excluding carboxylic acids is 2. The van der Waals surface area contributed by atoms with Crippen LogP contribution in [0, 0.1) is 39.0 Å². The quantitative estimate of drug-likeness (QED) is 0.344. The largest absolute Gasteiger partial charge is 0.465 e. The van der Waals surface area contributed by atoms with Crippen molar-refractivity contribution in [3.63, 3.8) is 0 Å². The molecule has 2 aromatic heterocycles. The molecule has 0 fully saturated rings. The molecule has 0 saturated carbocycles. The molecule has 3 aromatic rings. The number of nitriles is 1. The Morgan fingerprint density at radius 2 is 1.84 bits per heavy atom. The fourth-order valence-electron chi connectivity index (χ4n) is 3.38. The first kappa shape index (κ1) is 22.1. The molecule has 1 N–H and O–H groups in total. The monoisotopic (exact) mass is 433 g/mol. The maximum Gasteiger partial charge on any atom is 0.341 e. The van der Waals surface area contributed by atoms with Crippen molar-refractivity contribution in [2.24, 2.45) is 0 Å². The molecule has 7 heteroatoms. The predicted molar refractivity (Wildman–Crippen MR) is 123 cm³/mol. The van der Waals surface area contributed by atoms with E-state index in [9.17, 15) is 14.9 Å². The Kier molecular flexibility index (Phi) is 6.42. The standard InChI is InChI=1S/C24H23N3O3S/c1-14-11-18(12-19(13-25)22(28)26-20-9-7-6-8-10-20)16(3)27(14)23-21(24(29)30-5)15(2)17(4)31-23/h6-12H,1-5H3,(H,26,28)/b19-12+. The van der Waals surface area contributed by atoms with E-state index < -0.39 is 5.91 Å². The van der Waals surface area contributed by atoms with Crippen LogP contribution < -0.4 is 5.32 Å². The zero-order valence-corrected chi connectivity index (χ0v) is 18.9. The first-order valence-corrected chi connectivity index (χ1v) is 10.5. The van der Waals surface area contributed by atoms with Crippen molar-refractivity contribution in [1.82, 2.24) is 4.57 Å². The van der Waals surface area contributed by atoms with Gasteiger partial charge in [-0.15, -0.1) is 11.3 Å². The van der Waals surface area contributed by atoms with Crippen molar-refractivity contribution >= 4 is 35.0 Å². The smallest absolute Gasteiger partial charge is 0.341 e. The summed E-state index contributed by atoms with van der Waals surface area (Å²) in [6.07, 6.45) is 1.57. The molecule has 0 atom stereocenters. The lowest BCUT2D eigenvalue weighted by Gasteiger charge is -2.10. The summed E-state index contributed by atoms with van der Waals surface area (Å²) in [7, 11) is 1.37. The Bertz CT molecular complexity index is 1230. The number of amides is 1. The molecule has 0 radical (unpaired) electrons. The third kappa shape index (κ3) is 4.30. The Labute approximate surface area is 185 Å². The molecule has 31 heavy (non-hydrogen) atoms. The number of esters is 1. The van der Waals surface area contributed by atoms with Crippen LogP contribution >= 0.6 is 11.3 Å². The number of hydrogen-bond donors (Lipinski definition) is 1. The molecule has 0 aliphatic rings. The molecule has 0 aliphatic heterocycles. The number of aryl methyl sites for hydroxylation is 2. The average molecular weight is 434 g/mol. The van der Waals surface area contributed by atoms with Crippen LogP contribution in [0.4, 0.5) is 5.69 Å². The van der Waals surface area contributed by atoms with Crippen LogP contribution in [0.15, 0.2) is 42.0 Å². The molecule has 1 amide bonds. The summed E-state index contributed by atoms with van der Waals surface area (Å²) in [5, 5.41) is 13.1. The maximum absolute atomic E-state index is 12.6. The minimum absolute atomic E-state index is 0.00386. The average Bonchev–Trinajstić information content (AvgIpc) is 3.20. The highest BCUT2D eigenvalue weighted by atomic mass is 32.1. The maximum atomic E-state index is 12.6. The van der Waals surface area contributed by atoms with E-state index >= 15 is 0 Å². The van der Waals surface area contributed by atoms with Gasteiger partial charge in [0.2, 0.25) is 0 Å². The lowest BCUT2D eigenvalue weighted by molar-refractivity contribution is -0.112. The number of methoxy groups -OCH3 is 1. The Morgan fingerprint density at radius 1 is 1.16 bits per heavy atom. The summed E-state index contributed by atoms with van der Waals surface area (Å²) in [5.41, 5.74) is 4.47. The summed E-state index contributed by atoms with van der Waals surface area (Å²) in [4.78, 5) is 26.0. The van der Waals surface area contributed by atoms with Crippen molar-refractivity contribution < 1.29 is 14.3 Å². The number of nitrogens with one attached hydrogen (secondary N) is 1. The van der Waals surface area contributed by atoms with Gasteiger partial charge in [0.1, 0.15) is 16.6 Å². The number of anilines is 1. The predicted octanol–water partition coefficient (Wildman–Crippen LogP) is 5.10. The molecule has 158 valence electrons. The number of thiophene rings is 1. The van der Waals surface area contributed by atoms with Gasteiger partial charge in [0.05, 0.1) is 12.7 Å². The SMILES string of the molecule is COC(=O)c1c(-n2c(C)cc(/C=C(\C#N)C(=O)Nc3ccccc3)c2C)sc(C)c1C. The number of carbonyl (C=O) groups is 2. The van der Waals surface area contributed by atoms with Gasteiger partial charge in [-0.25, -0.2) is 4.79 Å². The van der Waals surface area contributed by atoms with Crippen molar-refractivity contribution in [1.29, 1.82) is 5.26 Å². The van der Waals surface area contributed by atoms with Gasteiger partial charge in [0.15, 0.2) is 0 Å². The van der Waals surface area contributed by atoms with E-state index in [1.54, 1.807) is 18.2 Å². The third-order valence-electron chi connectivity index (χ3n) is 5.13. The van der Waals surface area contributed by atoms with E-state index in [0.717, 1.165) is 32.4 Å². The Balaban J connectivity index is 2.04. The van der Waals surface area contributed by atoms with Crippen molar-refractivity contribution in [2.75, 3.05) is 12.4 Å². The van der Waals surface area contributed by atoms with Gasteiger partial charge in [-0.3, -0.25) is 4.79 Å². The first-order chi connectivity index (χ1) is 14.8. The van der Waals surface area contributed by atoms with E-state index in [1.807, 2.05) is 62.6 Å². The fraction of sp³-hybridized carbons (Fsp3) is 0.208. The van der Waals surface area contributed by atoms with Gasteiger partial charge in [0, 0.05) is 22.0 Å². The summed E-state index contributed by atoms with van der Waals surface area (Å²) < 4.78 is 6.96. The molecule has 0 aliphatic carbocycles. The van der Waals surface area contributed by atoms with Crippen LogP contribution in [-0.2, 0) is 9.53 Å². The second-order valence-electron chi connectivity index (χ2n) is 7.11. The van der Waals surface area contributed by atoms with Gasteiger partial charge in [-0.2, -0.15) is 5.26 Å². The molecule has 2 heterocycles. The molecule has 0 bridgehead atoms. The second-order valence-corrected chi connectivity index (χ2v) is 8.31. The van der Waals surface area contributed by atoms with Crippen LogP contribution in [0.25, 0.3) is 11.1 Å². The van der Waals surface area contributed by atoms with Crippen molar-refractivity contribution in [3.05, 3.63) is 74.9 Å². The Hall–Kier alpha value is -3.63. The highest BCUT2D eigenvalue weighted by molar-refractivity contribution is 7.15. The summed E-state index contributed by atoms with van der Waals surface area (Å²) in [5.74, 6) is -0.863. The zero-order valence-electron chi connectivity index (χ0n) is 18.1. The van der Waals surface area contributed by atoms with Crippen LogP contribution in [0.3, 0.4) is 0 Å². The fourth-order valence-corrected chi connectivity index (χ4v) is 4.64. The summed E-state index contributed by atoms with van der Waals surface area (Å²) in [6.45, 7) is 7.69. The van der Waals surface area contributed by atoms with Crippen LogP contribution in [-0.4, -0.2) is 23.6 Å². The van der Waals surface area contributed by atoms with Gasteiger partial charge < -0.3 is 14.6 Å². The van der Waals surface area contributed by atoms with Gasteiger partial charge >= 0.3 is 5.97 Å². The number of para-hydroxylation sites is 1. The third-order valence-corrected chi connectivity index (χ3v) is 6.32. The highest BCUT2D eigenvalue weighted by Gasteiger charge is 2.24. The molecule has 0 saturated heterocycles. The Morgan fingerprint density at radius 3 is 2.45 bits per heavy atom. The molecular weight excluding hydrogens is 410 g/mol. The van der Waals surface area contributed by atoms with Crippen LogP contribution in [0.2, 0.25) is 0 Å². The number of rotatable bonds is 5. The molecule has 3 rings (SSSR count). The zero-order chi connectivity index (χ0) is 22.7. The topological polar surface area (TPSA) is 84.1 Å². The number of nitrogens with zero attached hydrogens (tertiary/aromatic N) is 2. The van der Waals surface area contributed by atoms with E-state index in [0.29, 0.717) is 11.3 Å². The van der Waals surface area contributed by atoms with Crippen LogP contribution in [0.5, 0.6) is 0 Å². The number of ether oxygens (including phenoxy) is 1. The van der Waals surface area contributed by atoms with E-state index in [1.165, 1.54) is 18.4 Å². The summed E-state index contributed by atoms with van der Waals surface area (Å²) >= 11 is 1.51.